The number of rotatable bonds is 3. The van der Waals surface area contributed by atoms with Crippen molar-refractivity contribution < 1.29 is 0 Å². The van der Waals surface area contributed by atoms with Gasteiger partial charge in [-0.15, -0.1) is 0 Å². The van der Waals surface area contributed by atoms with Gasteiger partial charge < -0.3 is 10.2 Å². The van der Waals surface area contributed by atoms with Crippen LogP contribution in [0.5, 0.6) is 0 Å². The van der Waals surface area contributed by atoms with Crippen molar-refractivity contribution in [2.45, 2.75) is 19.8 Å². The Hall–Kier alpha value is -1.81. The molecule has 0 radical (unpaired) electrons. The quantitative estimate of drug-likeness (QED) is 0.926. The van der Waals surface area contributed by atoms with Gasteiger partial charge in [-0.2, -0.15) is 4.98 Å². The standard InChI is InChI=1S/C16H19ClN4/c1-12-7-10-21(11-8-12)15-6-9-18-16(20-15)19-14-4-2-13(17)3-5-14/h2-6,9,12H,7-8,10-11H2,1H3,(H,18,19,20). The van der Waals surface area contributed by atoms with Gasteiger partial charge in [0.2, 0.25) is 5.95 Å². The lowest BCUT2D eigenvalue weighted by molar-refractivity contribution is 0.436. The Balaban J connectivity index is 1.72. The van der Waals surface area contributed by atoms with E-state index in [4.69, 9.17) is 11.6 Å². The maximum absolute atomic E-state index is 5.89. The molecule has 1 N–H and O–H groups in total. The Morgan fingerprint density at radius 3 is 2.57 bits per heavy atom. The van der Waals surface area contributed by atoms with Gasteiger partial charge in [-0.3, -0.25) is 0 Å². The minimum atomic E-state index is 0.619. The smallest absolute Gasteiger partial charge is 0.229 e. The van der Waals surface area contributed by atoms with Crippen molar-refractivity contribution in [1.82, 2.24) is 9.97 Å². The van der Waals surface area contributed by atoms with Gasteiger partial charge in [-0.05, 0) is 49.1 Å². The van der Waals surface area contributed by atoms with Crippen molar-refractivity contribution in [2.24, 2.45) is 5.92 Å². The topological polar surface area (TPSA) is 41.1 Å². The predicted octanol–water partition coefficient (Wildman–Crippen LogP) is 4.11. The van der Waals surface area contributed by atoms with E-state index >= 15 is 0 Å². The fourth-order valence-corrected chi connectivity index (χ4v) is 2.61. The zero-order chi connectivity index (χ0) is 14.7. The molecule has 1 fully saturated rings. The highest BCUT2D eigenvalue weighted by molar-refractivity contribution is 6.30. The van der Waals surface area contributed by atoms with E-state index in [0.717, 1.165) is 35.5 Å². The molecule has 1 saturated heterocycles. The number of hydrogen-bond donors (Lipinski definition) is 1. The van der Waals surface area contributed by atoms with Crippen LogP contribution in [0.4, 0.5) is 17.5 Å². The number of benzene rings is 1. The highest BCUT2D eigenvalue weighted by Gasteiger charge is 2.17. The molecule has 21 heavy (non-hydrogen) atoms. The van der Waals surface area contributed by atoms with Gasteiger partial charge in [0, 0.05) is 30.0 Å². The molecule has 3 rings (SSSR count). The van der Waals surface area contributed by atoms with Crippen LogP contribution in [0.2, 0.25) is 5.02 Å². The molecule has 0 aliphatic carbocycles. The van der Waals surface area contributed by atoms with E-state index in [9.17, 15) is 0 Å². The zero-order valence-corrected chi connectivity index (χ0v) is 12.8. The van der Waals surface area contributed by atoms with Crippen LogP contribution in [0.1, 0.15) is 19.8 Å². The molecule has 0 amide bonds. The van der Waals surface area contributed by atoms with Gasteiger partial charge in [0.1, 0.15) is 5.82 Å². The molecule has 1 aromatic carbocycles. The van der Waals surface area contributed by atoms with E-state index < -0.39 is 0 Å². The highest BCUT2D eigenvalue weighted by atomic mass is 35.5. The normalized spacial score (nSPS) is 16.0. The zero-order valence-electron chi connectivity index (χ0n) is 12.1. The van der Waals surface area contributed by atoms with Gasteiger partial charge in [0.15, 0.2) is 0 Å². The van der Waals surface area contributed by atoms with Gasteiger partial charge >= 0.3 is 0 Å². The predicted molar refractivity (Wildman–Crippen MR) is 87.4 cm³/mol. The van der Waals surface area contributed by atoms with Crippen LogP contribution in [0, 0.1) is 5.92 Å². The molecule has 2 aromatic rings. The van der Waals surface area contributed by atoms with Crippen molar-refractivity contribution in [2.75, 3.05) is 23.3 Å². The monoisotopic (exact) mass is 302 g/mol. The summed E-state index contributed by atoms with van der Waals surface area (Å²) in [4.78, 5) is 11.2. The average Bonchev–Trinajstić information content (AvgIpc) is 2.51. The second-order valence-corrected chi connectivity index (χ2v) is 5.98. The molecule has 0 atom stereocenters. The third-order valence-corrected chi connectivity index (χ3v) is 4.10. The van der Waals surface area contributed by atoms with E-state index in [2.05, 4.69) is 27.1 Å². The third-order valence-electron chi connectivity index (χ3n) is 3.85. The molecule has 110 valence electrons. The lowest BCUT2D eigenvalue weighted by Gasteiger charge is -2.31. The van der Waals surface area contributed by atoms with Crippen molar-refractivity contribution in [1.29, 1.82) is 0 Å². The van der Waals surface area contributed by atoms with Crippen LogP contribution in [-0.4, -0.2) is 23.1 Å². The maximum Gasteiger partial charge on any atom is 0.229 e. The number of halogens is 1. The SMILES string of the molecule is CC1CCN(c2ccnc(Nc3ccc(Cl)cc3)n2)CC1. The second kappa shape index (κ2) is 6.31. The Labute approximate surface area is 130 Å². The first kappa shape index (κ1) is 14.1. The van der Waals surface area contributed by atoms with E-state index in [1.165, 1.54) is 12.8 Å². The molecule has 1 aromatic heterocycles. The second-order valence-electron chi connectivity index (χ2n) is 5.54. The summed E-state index contributed by atoms with van der Waals surface area (Å²) in [5.41, 5.74) is 0.934. The summed E-state index contributed by atoms with van der Waals surface area (Å²) in [6.45, 7) is 4.45. The molecule has 0 saturated carbocycles. The van der Waals surface area contributed by atoms with Crippen molar-refractivity contribution in [3.05, 3.63) is 41.6 Å². The largest absolute Gasteiger partial charge is 0.356 e. The highest BCUT2D eigenvalue weighted by Crippen LogP contribution is 2.23. The van der Waals surface area contributed by atoms with E-state index in [1.54, 1.807) is 6.20 Å². The van der Waals surface area contributed by atoms with Crippen LogP contribution in [0.25, 0.3) is 0 Å². The van der Waals surface area contributed by atoms with Crippen LogP contribution in [-0.2, 0) is 0 Å². The van der Waals surface area contributed by atoms with Crippen molar-refractivity contribution >= 4 is 29.1 Å². The molecule has 0 spiro atoms. The van der Waals surface area contributed by atoms with Crippen LogP contribution >= 0.6 is 11.6 Å². The summed E-state index contributed by atoms with van der Waals surface area (Å²) in [5.74, 6) is 2.43. The third kappa shape index (κ3) is 3.64. The summed E-state index contributed by atoms with van der Waals surface area (Å²) >= 11 is 5.89. The average molecular weight is 303 g/mol. The first-order valence-electron chi connectivity index (χ1n) is 7.31. The van der Waals surface area contributed by atoms with Gasteiger partial charge in [-0.1, -0.05) is 18.5 Å². The molecule has 2 heterocycles. The number of anilines is 3. The van der Waals surface area contributed by atoms with Gasteiger partial charge in [0.25, 0.3) is 0 Å². The molecular formula is C16H19ClN4. The first-order valence-corrected chi connectivity index (χ1v) is 7.69. The number of nitrogens with zero attached hydrogens (tertiary/aromatic N) is 3. The number of aromatic nitrogens is 2. The van der Waals surface area contributed by atoms with Gasteiger partial charge in [-0.25, -0.2) is 4.98 Å². The van der Waals surface area contributed by atoms with Crippen LogP contribution in [0.3, 0.4) is 0 Å². The van der Waals surface area contributed by atoms with E-state index in [-0.39, 0.29) is 0 Å². The van der Waals surface area contributed by atoms with E-state index in [1.807, 2.05) is 30.3 Å². The van der Waals surface area contributed by atoms with Gasteiger partial charge in [0.05, 0.1) is 0 Å². The molecule has 0 unspecified atom stereocenters. The molecular weight excluding hydrogens is 284 g/mol. The molecule has 1 aliphatic rings. The molecule has 1 aliphatic heterocycles. The molecule has 4 nitrogen and oxygen atoms in total. The Morgan fingerprint density at radius 1 is 1.14 bits per heavy atom. The minimum Gasteiger partial charge on any atom is -0.356 e. The number of piperidine rings is 1. The van der Waals surface area contributed by atoms with Crippen LogP contribution < -0.4 is 10.2 Å². The van der Waals surface area contributed by atoms with Crippen molar-refractivity contribution in [3.8, 4) is 0 Å². The minimum absolute atomic E-state index is 0.619. The van der Waals surface area contributed by atoms with E-state index in [0.29, 0.717) is 5.95 Å². The lowest BCUT2D eigenvalue weighted by atomic mass is 9.99. The molecule has 0 bridgehead atoms. The summed E-state index contributed by atoms with van der Waals surface area (Å²) in [6.07, 6.45) is 4.26. The van der Waals surface area contributed by atoms with Crippen LogP contribution in [0.15, 0.2) is 36.5 Å². The summed E-state index contributed by atoms with van der Waals surface area (Å²) in [5, 5.41) is 3.93. The fourth-order valence-electron chi connectivity index (χ4n) is 2.49. The van der Waals surface area contributed by atoms with Crippen molar-refractivity contribution in [3.63, 3.8) is 0 Å². The first-order chi connectivity index (χ1) is 10.2. The summed E-state index contributed by atoms with van der Waals surface area (Å²) in [6, 6.07) is 9.50. The Morgan fingerprint density at radius 2 is 1.86 bits per heavy atom. The number of hydrogen-bond acceptors (Lipinski definition) is 4. The summed E-state index contributed by atoms with van der Waals surface area (Å²) in [7, 11) is 0. The Kier molecular flexibility index (Phi) is 4.25. The maximum atomic E-state index is 5.89. The summed E-state index contributed by atoms with van der Waals surface area (Å²) < 4.78 is 0. The number of nitrogens with one attached hydrogen (secondary N) is 1. The fraction of sp³-hybridized carbons (Fsp3) is 0.375. The lowest BCUT2D eigenvalue weighted by Crippen LogP contribution is -2.33. The molecule has 5 heteroatoms. The Bertz CT molecular complexity index is 591.